The van der Waals surface area contributed by atoms with Crippen molar-refractivity contribution in [3.05, 3.63) is 52.6 Å². The normalized spacial score (nSPS) is 17.6. The summed E-state index contributed by atoms with van der Waals surface area (Å²) in [6, 6.07) is 10.2. The Morgan fingerprint density at radius 2 is 2.13 bits per heavy atom. The Hall–Kier alpha value is -2.74. The third-order valence-corrected chi connectivity index (χ3v) is 6.82. The van der Waals surface area contributed by atoms with Crippen molar-refractivity contribution in [1.82, 2.24) is 19.9 Å². The fourth-order valence-electron chi connectivity index (χ4n) is 4.02. The number of aromatic nitrogens is 3. The minimum atomic E-state index is -0.203. The molecule has 1 aliphatic heterocycles. The van der Waals surface area contributed by atoms with Gasteiger partial charge in [0, 0.05) is 19.1 Å². The van der Waals surface area contributed by atoms with Gasteiger partial charge in [-0.3, -0.25) is 14.2 Å². The molecule has 0 radical (unpaired) electrons. The largest absolute Gasteiger partial charge is 0.352 e. The first-order valence-corrected chi connectivity index (χ1v) is 11.8. The average Bonchev–Trinajstić information content (AvgIpc) is 3.20. The molecule has 1 amide bonds. The van der Waals surface area contributed by atoms with Gasteiger partial charge >= 0.3 is 0 Å². The van der Waals surface area contributed by atoms with E-state index in [0.717, 1.165) is 37.5 Å². The molecule has 3 aromatic rings. The van der Waals surface area contributed by atoms with E-state index in [4.69, 9.17) is 0 Å². The highest BCUT2D eigenvalue weighted by Gasteiger charge is 2.21. The van der Waals surface area contributed by atoms with Crippen molar-refractivity contribution in [3.8, 4) is 0 Å². The van der Waals surface area contributed by atoms with Crippen LogP contribution >= 0.6 is 11.3 Å². The molecule has 4 rings (SSSR count). The lowest BCUT2D eigenvalue weighted by Gasteiger charge is -2.30. The van der Waals surface area contributed by atoms with Gasteiger partial charge in [0.15, 0.2) is 10.8 Å². The first-order valence-electron chi connectivity index (χ1n) is 10.9. The fraction of sp³-hybridized carbons (Fsp3) is 0.478. The number of hydrogen-bond donors (Lipinski definition) is 1. The summed E-state index contributed by atoms with van der Waals surface area (Å²) in [6.45, 7) is 6.11. The predicted octanol–water partition coefficient (Wildman–Crippen LogP) is 3.23. The highest BCUT2D eigenvalue weighted by atomic mass is 32.1. The zero-order valence-electron chi connectivity index (χ0n) is 18.1. The second kappa shape index (κ2) is 9.60. The number of aryl methyl sites for hydroxylation is 1. The Morgan fingerprint density at radius 3 is 2.90 bits per heavy atom. The molecule has 164 valence electrons. The molecule has 1 aliphatic rings. The van der Waals surface area contributed by atoms with Crippen molar-refractivity contribution in [2.45, 2.75) is 52.1 Å². The number of nitrogens with one attached hydrogen (secondary N) is 1. The molecule has 0 unspecified atom stereocenters. The second-order valence-corrected chi connectivity index (χ2v) is 9.49. The Balaban J connectivity index is 1.39. The quantitative estimate of drug-likeness (QED) is 0.611. The van der Waals surface area contributed by atoms with Gasteiger partial charge in [-0.1, -0.05) is 48.6 Å². The smallest absolute Gasteiger partial charge is 0.273 e. The first-order chi connectivity index (χ1) is 15.0. The Kier molecular flexibility index (Phi) is 6.65. The standard InChI is InChI=1S/C23H29N5O2S/c1-16-7-6-12-27(13-16)23-26-21-20(31-23)22(30)28(15-24-21)14-19(29)25-17(2)10-11-18-8-4-3-5-9-18/h3-5,8-9,15-17H,6-7,10-14H2,1-2H3,(H,25,29)/t16-,17+/m0/s1. The number of fused-ring (bicyclic) bond motifs is 1. The van der Waals surface area contributed by atoms with Crippen LogP contribution in [-0.4, -0.2) is 39.6 Å². The highest BCUT2D eigenvalue weighted by molar-refractivity contribution is 7.22. The molecule has 7 nitrogen and oxygen atoms in total. The molecular weight excluding hydrogens is 410 g/mol. The van der Waals surface area contributed by atoms with Gasteiger partial charge in [0.2, 0.25) is 5.91 Å². The van der Waals surface area contributed by atoms with Crippen molar-refractivity contribution in [2.24, 2.45) is 5.92 Å². The number of thiazole rings is 1. The van der Waals surface area contributed by atoms with Crippen LogP contribution in [0.15, 0.2) is 41.5 Å². The van der Waals surface area contributed by atoms with Crippen molar-refractivity contribution < 1.29 is 4.79 Å². The molecule has 1 N–H and O–H groups in total. The molecule has 8 heteroatoms. The number of rotatable bonds is 7. The first kappa shape index (κ1) is 21.5. The lowest BCUT2D eigenvalue weighted by atomic mass is 10.0. The molecule has 31 heavy (non-hydrogen) atoms. The summed E-state index contributed by atoms with van der Waals surface area (Å²) in [4.78, 5) is 36.6. The summed E-state index contributed by atoms with van der Waals surface area (Å²) in [6.07, 6.45) is 5.53. The maximum atomic E-state index is 12.9. The number of hydrogen-bond acceptors (Lipinski definition) is 6. The molecule has 1 fully saturated rings. The van der Waals surface area contributed by atoms with Crippen molar-refractivity contribution >= 4 is 32.7 Å². The minimum Gasteiger partial charge on any atom is -0.352 e. The zero-order valence-corrected chi connectivity index (χ0v) is 18.9. The number of anilines is 1. The van der Waals surface area contributed by atoms with Gasteiger partial charge in [0.1, 0.15) is 17.6 Å². The Morgan fingerprint density at radius 1 is 1.32 bits per heavy atom. The summed E-state index contributed by atoms with van der Waals surface area (Å²) in [5.74, 6) is 0.441. The zero-order chi connectivity index (χ0) is 21.8. The molecule has 0 saturated carbocycles. The van der Waals surface area contributed by atoms with E-state index in [1.54, 1.807) is 0 Å². The van der Waals surface area contributed by atoms with Gasteiger partial charge in [-0.25, -0.2) is 4.98 Å². The topological polar surface area (TPSA) is 80.1 Å². The summed E-state index contributed by atoms with van der Waals surface area (Å²) < 4.78 is 1.89. The van der Waals surface area contributed by atoms with E-state index in [2.05, 4.69) is 39.2 Å². The van der Waals surface area contributed by atoms with E-state index in [1.165, 1.54) is 34.2 Å². The van der Waals surface area contributed by atoms with E-state index in [9.17, 15) is 9.59 Å². The van der Waals surface area contributed by atoms with Gasteiger partial charge in [0.25, 0.3) is 5.56 Å². The van der Waals surface area contributed by atoms with Crippen LogP contribution in [0.2, 0.25) is 0 Å². The van der Waals surface area contributed by atoms with E-state index in [-0.39, 0.29) is 24.1 Å². The summed E-state index contributed by atoms with van der Waals surface area (Å²) >= 11 is 1.38. The van der Waals surface area contributed by atoms with E-state index >= 15 is 0 Å². The molecule has 0 bridgehead atoms. The van der Waals surface area contributed by atoms with Crippen LogP contribution in [0, 0.1) is 5.92 Å². The van der Waals surface area contributed by atoms with E-state index in [1.807, 2.05) is 25.1 Å². The molecule has 2 aromatic heterocycles. The number of carbonyl (C=O) groups is 1. The van der Waals surface area contributed by atoms with Crippen LogP contribution in [0.3, 0.4) is 0 Å². The van der Waals surface area contributed by atoms with Crippen LogP contribution in [0.5, 0.6) is 0 Å². The Bertz CT molecular complexity index is 1090. The summed E-state index contributed by atoms with van der Waals surface area (Å²) in [7, 11) is 0. The second-order valence-electron chi connectivity index (χ2n) is 8.51. The summed E-state index contributed by atoms with van der Waals surface area (Å²) in [5, 5.41) is 3.84. The molecule has 3 heterocycles. The number of benzene rings is 1. The van der Waals surface area contributed by atoms with Crippen LogP contribution in [0.1, 0.15) is 38.7 Å². The van der Waals surface area contributed by atoms with E-state index in [0.29, 0.717) is 16.3 Å². The van der Waals surface area contributed by atoms with Crippen LogP contribution in [0.4, 0.5) is 5.13 Å². The maximum absolute atomic E-state index is 12.9. The van der Waals surface area contributed by atoms with Gasteiger partial charge in [-0.15, -0.1) is 0 Å². The summed E-state index contributed by atoms with van der Waals surface area (Å²) in [5.41, 5.74) is 1.51. The number of piperidine rings is 1. The predicted molar refractivity (Wildman–Crippen MR) is 125 cm³/mol. The van der Waals surface area contributed by atoms with E-state index < -0.39 is 0 Å². The number of carbonyl (C=O) groups excluding carboxylic acids is 1. The van der Waals surface area contributed by atoms with Gasteiger partial charge in [-0.05, 0) is 44.1 Å². The third-order valence-electron chi connectivity index (χ3n) is 5.73. The third kappa shape index (κ3) is 5.31. The number of amides is 1. The van der Waals surface area contributed by atoms with Crippen molar-refractivity contribution in [3.63, 3.8) is 0 Å². The van der Waals surface area contributed by atoms with Crippen LogP contribution in [0.25, 0.3) is 10.3 Å². The molecule has 2 atom stereocenters. The van der Waals surface area contributed by atoms with Crippen molar-refractivity contribution in [2.75, 3.05) is 18.0 Å². The van der Waals surface area contributed by atoms with Crippen molar-refractivity contribution in [1.29, 1.82) is 0 Å². The monoisotopic (exact) mass is 439 g/mol. The van der Waals surface area contributed by atoms with Gasteiger partial charge in [-0.2, -0.15) is 4.98 Å². The lowest BCUT2D eigenvalue weighted by molar-refractivity contribution is -0.122. The van der Waals surface area contributed by atoms with Gasteiger partial charge in [0.05, 0.1) is 0 Å². The SMILES string of the molecule is C[C@H]1CCCN(c2nc3ncn(CC(=O)N[C@H](C)CCc4ccccc4)c(=O)c3s2)C1. The molecule has 1 aromatic carbocycles. The average molecular weight is 440 g/mol. The van der Waals surface area contributed by atoms with Gasteiger partial charge < -0.3 is 10.2 Å². The Labute approximate surface area is 186 Å². The lowest BCUT2D eigenvalue weighted by Crippen LogP contribution is -2.37. The minimum absolute atomic E-state index is 0.0243. The van der Waals surface area contributed by atoms with Crippen LogP contribution in [-0.2, 0) is 17.8 Å². The highest BCUT2D eigenvalue weighted by Crippen LogP contribution is 2.29. The molecule has 0 spiro atoms. The fourth-order valence-corrected chi connectivity index (χ4v) is 5.03. The van der Waals surface area contributed by atoms with Crippen LogP contribution < -0.4 is 15.8 Å². The number of nitrogens with zero attached hydrogens (tertiary/aromatic N) is 4. The molecule has 0 aliphatic carbocycles. The molecule has 1 saturated heterocycles. The maximum Gasteiger partial charge on any atom is 0.273 e. The molecular formula is C23H29N5O2S.